The van der Waals surface area contributed by atoms with Gasteiger partial charge in [-0.3, -0.25) is 0 Å². The molecule has 3 rings (SSSR count). The molecule has 2 aromatic carbocycles. The van der Waals surface area contributed by atoms with Crippen LogP contribution in [0.25, 0.3) is 11.1 Å². The molecule has 0 spiro atoms. The van der Waals surface area contributed by atoms with Crippen molar-refractivity contribution in [1.29, 1.82) is 5.26 Å². The van der Waals surface area contributed by atoms with Gasteiger partial charge in [0.2, 0.25) is 0 Å². The summed E-state index contributed by atoms with van der Waals surface area (Å²) in [6.07, 6.45) is 4.64. The minimum absolute atomic E-state index is 0.269. The maximum Gasteiger partial charge on any atom is 0.319 e. The molecule has 6 heteroatoms. The largest absolute Gasteiger partial charge is 0.367 e. The van der Waals surface area contributed by atoms with E-state index in [1.807, 2.05) is 30.6 Å². The van der Waals surface area contributed by atoms with E-state index >= 15 is 0 Å². The number of halogens is 1. The SMILES string of the molecule is N#Cc1ccc(NC(=O)NCCc2c[nH]cc2-c2cccc(Br)c2)cc1. The molecule has 1 heterocycles. The number of anilines is 1. The number of amides is 2. The average Bonchev–Trinajstić information content (AvgIpc) is 3.11. The van der Waals surface area contributed by atoms with Gasteiger partial charge in [0.1, 0.15) is 0 Å². The van der Waals surface area contributed by atoms with Crippen molar-refractivity contribution < 1.29 is 4.79 Å². The Kier molecular flexibility index (Phi) is 5.72. The number of aromatic amines is 1. The number of carbonyl (C=O) groups is 1. The smallest absolute Gasteiger partial charge is 0.319 e. The number of benzene rings is 2. The monoisotopic (exact) mass is 408 g/mol. The molecular formula is C20H17BrN4O. The summed E-state index contributed by atoms with van der Waals surface area (Å²) < 4.78 is 1.03. The van der Waals surface area contributed by atoms with Gasteiger partial charge in [-0.15, -0.1) is 0 Å². The van der Waals surface area contributed by atoms with E-state index in [1.54, 1.807) is 24.3 Å². The molecule has 0 bridgehead atoms. The molecular weight excluding hydrogens is 392 g/mol. The predicted molar refractivity (Wildman–Crippen MR) is 106 cm³/mol. The van der Waals surface area contributed by atoms with Crippen LogP contribution < -0.4 is 10.6 Å². The van der Waals surface area contributed by atoms with Crippen molar-refractivity contribution in [3.63, 3.8) is 0 Å². The lowest BCUT2D eigenvalue weighted by molar-refractivity contribution is 0.252. The summed E-state index contributed by atoms with van der Waals surface area (Å²) in [4.78, 5) is 15.1. The highest BCUT2D eigenvalue weighted by Crippen LogP contribution is 2.26. The van der Waals surface area contributed by atoms with Crippen LogP contribution in [0.5, 0.6) is 0 Å². The number of H-pyrrole nitrogens is 1. The minimum atomic E-state index is -0.269. The zero-order valence-electron chi connectivity index (χ0n) is 13.9. The first-order valence-corrected chi connectivity index (χ1v) is 8.91. The van der Waals surface area contributed by atoms with Crippen molar-refractivity contribution >= 4 is 27.6 Å². The fourth-order valence-electron chi connectivity index (χ4n) is 2.64. The topological polar surface area (TPSA) is 80.7 Å². The number of nitrogens with zero attached hydrogens (tertiary/aromatic N) is 1. The Morgan fingerprint density at radius 1 is 1.15 bits per heavy atom. The van der Waals surface area contributed by atoms with Crippen molar-refractivity contribution in [1.82, 2.24) is 10.3 Å². The number of nitrogens with one attached hydrogen (secondary N) is 3. The molecule has 0 unspecified atom stereocenters. The van der Waals surface area contributed by atoms with Gasteiger partial charge < -0.3 is 15.6 Å². The van der Waals surface area contributed by atoms with E-state index in [4.69, 9.17) is 5.26 Å². The van der Waals surface area contributed by atoms with Gasteiger partial charge in [0.15, 0.2) is 0 Å². The van der Waals surface area contributed by atoms with Crippen LogP contribution in [0.4, 0.5) is 10.5 Å². The minimum Gasteiger partial charge on any atom is -0.367 e. The molecule has 0 aliphatic carbocycles. The summed E-state index contributed by atoms with van der Waals surface area (Å²) >= 11 is 3.49. The fraction of sp³-hybridized carbons (Fsp3) is 0.100. The molecule has 5 nitrogen and oxygen atoms in total. The molecule has 2 amide bonds. The number of hydrogen-bond donors (Lipinski definition) is 3. The second-order valence-corrected chi connectivity index (χ2v) is 6.64. The first-order chi connectivity index (χ1) is 12.7. The van der Waals surface area contributed by atoms with Gasteiger partial charge >= 0.3 is 6.03 Å². The van der Waals surface area contributed by atoms with Gasteiger partial charge in [-0.2, -0.15) is 5.26 Å². The molecule has 3 aromatic rings. The van der Waals surface area contributed by atoms with Crippen LogP contribution in [0.15, 0.2) is 65.4 Å². The van der Waals surface area contributed by atoms with Crippen LogP contribution in [0.2, 0.25) is 0 Å². The van der Waals surface area contributed by atoms with Gasteiger partial charge in [0.25, 0.3) is 0 Å². The van der Waals surface area contributed by atoms with Crippen molar-refractivity contribution in [2.75, 3.05) is 11.9 Å². The molecule has 0 aliphatic heterocycles. The highest BCUT2D eigenvalue weighted by atomic mass is 79.9. The maximum absolute atomic E-state index is 12.0. The van der Waals surface area contributed by atoms with Crippen molar-refractivity contribution in [3.8, 4) is 17.2 Å². The zero-order valence-corrected chi connectivity index (χ0v) is 15.5. The maximum atomic E-state index is 12.0. The van der Waals surface area contributed by atoms with Crippen LogP contribution in [-0.4, -0.2) is 17.6 Å². The van der Waals surface area contributed by atoms with E-state index in [0.29, 0.717) is 24.2 Å². The predicted octanol–water partition coefficient (Wildman–Crippen LogP) is 4.68. The molecule has 0 fully saturated rings. The van der Waals surface area contributed by atoms with E-state index < -0.39 is 0 Å². The molecule has 1 aromatic heterocycles. The van der Waals surface area contributed by atoms with Gasteiger partial charge in [0.05, 0.1) is 11.6 Å². The molecule has 3 N–H and O–H groups in total. The summed E-state index contributed by atoms with van der Waals surface area (Å²) in [7, 11) is 0. The Bertz CT molecular complexity index is 941. The number of urea groups is 1. The van der Waals surface area contributed by atoms with E-state index in [9.17, 15) is 4.79 Å². The second-order valence-electron chi connectivity index (χ2n) is 5.72. The lowest BCUT2D eigenvalue weighted by Crippen LogP contribution is -2.30. The Morgan fingerprint density at radius 2 is 1.96 bits per heavy atom. The van der Waals surface area contributed by atoms with Gasteiger partial charge in [-0.05, 0) is 53.9 Å². The molecule has 26 heavy (non-hydrogen) atoms. The van der Waals surface area contributed by atoms with E-state index in [2.05, 4.69) is 43.7 Å². The summed E-state index contributed by atoms with van der Waals surface area (Å²) in [6.45, 7) is 0.515. The third-order valence-electron chi connectivity index (χ3n) is 3.92. The van der Waals surface area contributed by atoms with Crippen molar-refractivity contribution in [3.05, 3.63) is 76.5 Å². The summed E-state index contributed by atoms with van der Waals surface area (Å²) in [5.41, 5.74) is 4.60. The average molecular weight is 409 g/mol. The van der Waals surface area contributed by atoms with Crippen LogP contribution in [0.1, 0.15) is 11.1 Å². The fourth-order valence-corrected chi connectivity index (χ4v) is 3.04. The van der Waals surface area contributed by atoms with E-state index in [1.165, 1.54) is 0 Å². The number of hydrogen-bond acceptors (Lipinski definition) is 2. The Hall–Kier alpha value is -3.04. The summed E-state index contributed by atoms with van der Waals surface area (Å²) in [5.74, 6) is 0. The summed E-state index contributed by atoms with van der Waals surface area (Å²) in [5, 5.41) is 14.4. The number of nitriles is 1. The number of aromatic nitrogens is 1. The Balaban J connectivity index is 1.54. The van der Waals surface area contributed by atoms with E-state index in [-0.39, 0.29) is 6.03 Å². The zero-order chi connectivity index (χ0) is 18.4. The molecule has 130 valence electrons. The third kappa shape index (κ3) is 4.52. The Morgan fingerprint density at radius 3 is 2.69 bits per heavy atom. The summed E-state index contributed by atoms with van der Waals surface area (Å²) in [6, 6.07) is 16.6. The van der Waals surface area contributed by atoms with Crippen molar-refractivity contribution in [2.45, 2.75) is 6.42 Å². The molecule has 0 radical (unpaired) electrons. The highest BCUT2D eigenvalue weighted by Gasteiger charge is 2.08. The Labute approximate surface area is 160 Å². The number of carbonyl (C=O) groups excluding carboxylic acids is 1. The second kappa shape index (κ2) is 8.37. The van der Waals surface area contributed by atoms with Gasteiger partial charge in [-0.1, -0.05) is 28.1 Å². The molecule has 0 saturated carbocycles. The highest BCUT2D eigenvalue weighted by molar-refractivity contribution is 9.10. The van der Waals surface area contributed by atoms with Gasteiger partial charge in [-0.25, -0.2) is 4.79 Å². The molecule has 0 atom stereocenters. The van der Waals surface area contributed by atoms with Crippen LogP contribution in [0, 0.1) is 11.3 Å². The first-order valence-electron chi connectivity index (χ1n) is 8.12. The lowest BCUT2D eigenvalue weighted by Gasteiger charge is -2.08. The standard InChI is InChI=1S/C20H17BrN4O/c21-17-3-1-2-15(10-17)19-13-23-12-16(19)8-9-24-20(26)25-18-6-4-14(11-22)5-7-18/h1-7,10,12-13,23H,8-9H2,(H2,24,25,26). The molecule has 0 saturated heterocycles. The van der Waals surface area contributed by atoms with Crippen LogP contribution in [-0.2, 0) is 6.42 Å². The third-order valence-corrected chi connectivity index (χ3v) is 4.41. The lowest BCUT2D eigenvalue weighted by atomic mass is 10.0. The normalized spacial score (nSPS) is 10.2. The number of rotatable bonds is 5. The first kappa shape index (κ1) is 17.8. The quantitative estimate of drug-likeness (QED) is 0.572. The van der Waals surface area contributed by atoms with Gasteiger partial charge in [0, 0.05) is 34.7 Å². The van der Waals surface area contributed by atoms with Crippen molar-refractivity contribution in [2.24, 2.45) is 0 Å². The molecule has 0 aliphatic rings. The van der Waals surface area contributed by atoms with Crippen LogP contribution >= 0.6 is 15.9 Å². The van der Waals surface area contributed by atoms with E-state index in [0.717, 1.165) is 21.2 Å². The van der Waals surface area contributed by atoms with Crippen LogP contribution in [0.3, 0.4) is 0 Å².